The van der Waals surface area contributed by atoms with Gasteiger partial charge in [-0.15, -0.1) is 0 Å². The van der Waals surface area contributed by atoms with Crippen LogP contribution in [0.3, 0.4) is 0 Å². The summed E-state index contributed by atoms with van der Waals surface area (Å²) in [7, 11) is 1.28. The van der Waals surface area contributed by atoms with Crippen LogP contribution < -0.4 is 15.0 Å². The van der Waals surface area contributed by atoms with Crippen LogP contribution in [0.5, 0.6) is 5.75 Å². The Kier molecular flexibility index (Phi) is 8.07. The molecule has 1 N–H and O–H groups in total. The molecule has 2 aromatic carbocycles. The SMILES string of the molecule is COC(=O)C1=C(C)N(c2ccc(Cl)cc2)C(=O)/C1=C\c1ccc(OCC(=O)NC[C@@H]2CCCO2)cc1. The highest BCUT2D eigenvalue weighted by Gasteiger charge is 2.37. The first-order valence-corrected chi connectivity index (χ1v) is 12.0. The van der Waals surface area contributed by atoms with Crippen molar-refractivity contribution in [3.05, 3.63) is 76.0 Å². The Hall–Kier alpha value is -3.62. The number of hydrogen-bond acceptors (Lipinski definition) is 6. The fourth-order valence-electron chi connectivity index (χ4n) is 4.14. The number of methoxy groups -OCH3 is 1. The predicted octanol–water partition coefficient (Wildman–Crippen LogP) is 3.89. The minimum atomic E-state index is -0.600. The van der Waals surface area contributed by atoms with E-state index in [1.54, 1.807) is 61.5 Å². The van der Waals surface area contributed by atoms with Crippen molar-refractivity contribution >= 4 is 41.1 Å². The quantitative estimate of drug-likeness (QED) is 0.428. The number of allylic oxidation sites excluding steroid dienone is 1. The van der Waals surface area contributed by atoms with E-state index in [0.717, 1.165) is 19.4 Å². The topological polar surface area (TPSA) is 94.2 Å². The van der Waals surface area contributed by atoms with Crippen molar-refractivity contribution < 1.29 is 28.6 Å². The maximum atomic E-state index is 13.3. The van der Waals surface area contributed by atoms with Crippen LogP contribution in [0.15, 0.2) is 65.4 Å². The highest BCUT2D eigenvalue weighted by atomic mass is 35.5. The Balaban J connectivity index is 1.46. The molecule has 0 aliphatic carbocycles. The van der Waals surface area contributed by atoms with Crippen LogP contribution in [0.4, 0.5) is 5.69 Å². The molecule has 9 heteroatoms. The largest absolute Gasteiger partial charge is 0.484 e. The van der Waals surface area contributed by atoms with E-state index in [2.05, 4.69) is 5.32 Å². The van der Waals surface area contributed by atoms with Crippen molar-refractivity contribution in [1.82, 2.24) is 5.32 Å². The Labute approximate surface area is 214 Å². The van der Waals surface area contributed by atoms with E-state index in [-0.39, 0.29) is 35.7 Å². The van der Waals surface area contributed by atoms with E-state index in [0.29, 0.717) is 34.3 Å². The Bertz CT molecular complexity index is 1200. The summed E-state index contributed by atoms with van der Waals surface area (Å²) in [5.41, 5.74) is 2.15. The lowest BCUT2D eigenvalue weighted by Crippen LogP contribution is -2.35. The van der Waals surface area contributed by atoms with Gasteiger partial charge in [-0.25, -0.2) is 4.79 Å². The molecular weight excluding hydrogens is 484 g/mol. The second-order valence-electron chi connectivity index (χ2n) is 8.42. The molecule has 0 bridgehead atoms. The molecule has 188 valence electrons. The first-order valence-electron chi connectivity index (χ1n) is 11.6. The number of hydrogen-bond donors (Lipinski definition) is 1. The average molecular weight is 511 g/mol. The van der Waals surface area contributed by atoms with Gasteiger partial charge in [-0.2, -0.15) is 0 Å². The standard InChI is InChI=1S/C27H27ClN2O6/c1-17-25(27(33)34-2)23(26(32)30(17)20-9-7-19(28)8-10-20)14-18-5-11-21(12-6-18)36-16-24(31)29-15-22-4-3-13-35-22/h5-12,14,22H,3-4,13,15-16H2,1-2H3,(H,29,31)/b23-14-/t22-/m0/s1. The second kappa shape index (κ2) is 11.4. The molecule has 1 atom stereocenters. The van der Waals surface area contributed by atoms with Gasteiger partial charge in [0.2, 0.25) is 0 Å². The lowest BCUT2D eigenvalue weighted by molar-refractivity contribution is -0.136. The number of halogens is 1. The maximum absolute atomic E-state index is 13.3. The zero-order valence-corrected chi connectivity index (χ0v) is 20.8. The molecule has 0 aromatic heterocycles. The molecule has 36 heavy (non-hydrogen) atoms. The summed E-state index contributed by atoms with van der Waals surface area (Å²) in [6.45, 7) is 2.79. The number of carbonyl (C=O) groups is 3. The van der Waals surface area contributed by atoms with Gasteiger partial charge in [-0.3, -0.25) is 14.5 Å². The number of nitrogens with one attached hydrogen (secondary N) is 1. The van der Waals surface area contributed by atoms with E-state index in [1.165, 1.54) is 12.0 Å². The second-order valence-corrected chi connectivity index (χ2v) is 8.86. The molecule has 1 fully saturated rings. The van der Waals surface area contributed by atoms with Gasteiger partial charge >= 0.3 is 5.97 Å². The molecule has 2 amide bonds. The summed E-state index contributed by atoms with van der Waals surface area (Å²) in [4.78, 5) is 39.4. The van der Waals surface area contributed by atoms with Gasteiger partial charge in [0.1, 0.15) is 5.75 Å². The van der Waals surface area contributed by atoms with Crippen LogP contribution in [0.25, 0.3) is 6.08 Å². The van der Waals surface area contributed by atoms with Crippen LogP contribution in [0.1, 0.15) is 25.3 Å². The maximum Gasteiger partial charge on any atom is 0.340 e. The van der Waals surface area contributed by atoms with Crippen molar-refractivity contribution in [1.29, 1.82) is 0 Å². The van der Waals surface area contributed by atoms with Crippen molar-refractivity contribution in [2.45, 2.75) is 25.9 Å². The Morgan fingerprint density at radius 1 is 1.17 bits per heavy atom. The normalized spacial score (nSPS) is 18.6. The summed E-state index contributed by atoms with van der Waals surface area (Å²) >= 11 is 5.99. The van der Waals surface area contributed by atoms with Crippen LogP contribution in [0.2, 0.25) is 5.02 Å². The van der Waals surface area contributed by atoms with Gasteiger partial charge < -0.3 is 19.5 Å². The molecule has 2 aliphatic rings. The zero-order valence-electron chi connectivity index (χ0n) is 20.1. The first-order chi connectivity index (χ1) is 17.4. The molecule has 8 nitrogen and oxygen atoms in total. The number of nitrogens with zero attached hydrogens (tertiary/aromatic N) is 1. The molecule has 4 rings (SSSR count). The minimum absolute atomic E-state index is 0.0720. The van der Waals surface area contributed by atoms with Gasteiger partial charge in [0, 0.05) is 29.6 Å². The van der Waals surface area contributed by atoms with Gasteiger partial charge in [-0.1, -0.05) is 23.7 Å². The number of carbonyl (C=O) groups excluding carboxylic acids is 3. The monoisotopic (exact) mass is 510 g/mol. The lowest BCUT2D eigenvalue weighted by Gasteiger charge is -2.17. The number of amides is 2. The van der Waals surface area contributed by atoms with Crippen LogP contribution in [-0.4, -0.2) is 50.8 Å². The number of anilines is 1. The van der Waals surface area contributed by atoms with E-state index in [1.807, 2.05) is 0 Å². The van der Waals surface area contributed by atoms with E-state index < -0.39 is 5.97 Å². The smallest absolute Gasteiger partial charge is 0.340 e. The molecular formula is C27H27ClN2O6. The Morgan fingerprint density at radius 3 is 2.53 bits per heavy atom. The number of esters is 1. The number of rotatable bonds is 8. The molecule has 0 spiro atoms. The van der Waals surface area contributed by atoms with Gasteiger partial charge in [0.15, 0.2) is 6.61 Å². The third-order valence-corrected chi connectivity index (χ3v) is 6.24. The van der Waals surface area contributed by atoms with Crippen LogP contribution in [-0.2, 0) is 23.9 Å². The third-order valence-electron chi connectivity index (χ3n) is 5.99. The highest BCUT2D eigenvalue weighted by Crippen LogP contribution is 2.36. The first kappa shape index (κ1) is 25.5. The van der Waals surface area contributed by atoms with Crippen molar-refractivity contribution in [2.75, 3.05) is 31.8 Å². The molecule has 2 aromatic rings. The summed E-state index contributed by atoms with van der Waals surface area (Å²) in [5, 5.41) is 3.35. The van der Waals surface area contributed by atoms with Crippen LogP contribution >= 0.6 is 11.6 Å². The van der Waals surface area contributed by atoms with Gasteiger partial charge in [0.25, 0.3) is 11.8 Å². The molecule has 0 unspecified atom stereocenters. The van der Waals surface area contributed by atoms with E-state index in [9.17, 15) is 14.4 Å². The Morgan fingerprint density at radius 2 is 1.89 bits per heavy atom. The molecule has 0 saturated carbocycles. The number of benzene rings is 2. The summed E-state index contributed by atoms with van der Waals surface area (Å²) < 4.78 is 16.0. The third kappa shape index (κ3) is 5.78. The highest BCUT2D eigenvalue weighted by molar-refractivity contribution is 6.30. The fraction of sp³-hybridized carbons (Fsp3) is 0.296. The molecule has 0 radical (unpaired) electrons. The predicted molar refractivity (Wildman–Crippen MR) is 136 cm³/mol. The fourth-order valence-corrected chi connectivity index (χ4v) is 4.27. The van der Waals surface area contributed by atoms with E-state index >= 15 is 0 Å². The van der Waals surface area contributed by atoms with Gasteiger partial charge in [0.05, 0.1) is 24.4 Å². The summed E-state index contributed by atoms with van der Waals surface area (Å²) in [6, 6.07) is 13.7. The van der Waals surface area contributed by atoms with Gasteiger partial charge in [-0.05, 0) is 67.8 Å². The van der Waals surface area contributed by atoms with Crippen LogP contribution in [0, 0.1) is 0 Å². The lowest BCUT2D eigenvalue weighted by atomic mass is 10.0. The molecule has 2 heterocycles. The number of ether oxygens (including phenoxy) is 3. The molecule has 2 aliphatic heterocycles. The average Bonchev–Trinajstić information content (AvgIpc) is 3.49. The molecule has 1 saturated heterocycles. The van der Waals surface area contributed by atoms with Crippen molar-refractivity contribution in [3.63, 3.8) is 0 Å². The summed E-state index contributed by atoms with van der Waals surface area (Å²) in [6.07, 6.45) is 3.67. The minimum Gasteiger partial charge on any atom is -0.484 e. The van der Waals surface area contributed by atoms with E-state index in [4.69, 9.17) is 25.8 Å². The van der Waals surface area contributed by atoms with Crippen molar-refractivity contribution in [3.8, 4) is 5.75 Å². The van der Waals surface area contributed by atoms with Crippen molar-refractivity contribution in [2.24, 2.45) is 0 Å². The zero-order chi connectivity index (χ0) is 25.7. The summed E-state index contributed by atoms with van der Waals surface area (Å²) in [5.74, 6) is -0.667.